The van der Waals surface area contributed by atoms with Gasteiger partial charge < -0.3 is 0 Å². The van der Waals surface area contributed by atoms with Crippen LogP contribution in [0.1, 0.15) is 16.1 Å². The number of thiazole rings is 1. The van der Waals surface area contributed by atoms with Gasteiger partial charge in [0.25, 0.3) is 5.91 Å². The molecule has 0 fully saturated rings. The van der Waals surface area contributed by atoms with E-state index in [1.165, 1.54) is 31.4 Å². The fourth-order valence-electron chi connectivity index (χ4n) is 2.10. The van der Waals surface area contributed by atoms with Crippen molar-refractivity contribution in [1.29, 1.82) is 0 Å². The molecule has 0 radical (unpaired) electrons. The highest BCUT2D eigenvalue weighted by Crippen LogP contribution is 2.34. The van der Waals surface area contributed by atoms with Crippen molar-refractivity contribution in [3.05, 3.63) is 53.6 Å². The van der Waals surface area contributed by atoms with Crippen molar-refractivity contribution in [1.82, 2.24) is 14.8 Å². The quantitative estimate of drug-likeness (QED) is 0.710. The number of amides is 1. The van der Waals surface area contributed by atoms with Crippen LogP contribution in [0.3, 0.4) is 0 Å². The van der Waals surface area contributed by atoms with E-state index in [1.807, 2.05) is 0 Å². The second-order valence-electron chi connectivity index (χ2n) is 5.00. The molecule has 1 amide bonds. The number of aryl methyl sites for hydroxylation is 1. The number of carbonyl (C=O) groups is 1. The number of carbonyl (C=O) groups excluding carboxylic acids is 1. The molecular formula is C15H10F4N4OS. The summed E-state index contributed by atoms with van der Waals surface area (Å²) in [5.41, 5.74) is -0.967. The fraction of sp³-hybridized carbons (Fsp3) is 0.133. The molecule has 0 unspecified atom stereocenters. The second kappa shape index (κ2) is 6.28. The molecule has 3 aromatic rings. The molecule has 3 rings (SSSR count). The van der Waals surface area contributed by atoms with E-state index in [4.69, 9.17) is 0 Å². The molecule has 0 saturated heterocycles. The van der Waals surface area contributed by atoms with E-state index in [-0.39, 0.29) is 16.4 Å². The van der Waals surface area contributed by atoms with E-state index in [9.17, 15) is 22.4 Å². The SMILES string of the molecule is Cn1nc(C(F)(F)F)cc1-c1cnc(NC(=O)c2ccccc2F)s1. The maximum absolute atomic E-state index is 13.6. The first-order valence-electron chi connectivity index (χ1n) is 6.89. The normalized spacial score (nSPS) is 11.6. The van der Waals surface area contributed by atoms with Gasteiger partial charge in [-0.15, -0.1) is 0 Å². The second-order valence-corrected chi connectivity index (χ2v) is 6.03. The molecule has 5 nitrogen and oxygen atoms in total. The van der Waals surface area contributed by atoms with Gasteiger partial charge in [0.05, 0.1) is 16.1 Å². The zero-order valence-corrected chi connectivity index (χ0v) is 13.5. The topological polar surface area (TPSA) is 59.8 Å². The minimum atomic E-state index is -4.55. The largest absolute Gasteiger partial charge is 0.435 e. The van der Waals surface area contributed by atoms with E-state index in [0.29, 0.717) is 4.88 Å². The van der Waals surface area contributed by atoms with Crippen LogP contribution in [0.4, 0.5) is 22.7 Å². The number of anilines is 1. The van der Waals surface area contributed by atoms with Crippen LogP contribution in [-0.2, 0) is 13.2 Å². The van der Waals surface area contributed by atoms with Crippen molar-refractivity contribution < 1.29 is 22.4 Å². The molecule has 0 spiro atoms. The number of nitrogens with zero attached hydrogens (tertiary/aromatic N) is 3. The van der Waals surface area contributed by atoms with Crippen molar-refractivity contribution in [3.8, 4) is 10.6 Å². The van der Waals surface area contributed by atoms with Crippen LogP contribution in [0.15, 0.2) is 36.5 Å². The molecule has 0 saturated carbocycles. The van der Waals surface area contributed by atoms with Crippen molar-refractivity contribution in [3.63, 3.8) is 0 Å². The minimum Gasteiger partial charge on any atom is -0.298 e. The number of benzene rings is 1. The predicted molar refractivity (Wildman–Crippen MR) is 83.7 cm³/mol. The predicted octanol–water partition coefficient (Wildman–Crippen LogP) is 3.95. The number of hydrogen-bond acceptors (Lipinski definition) is 4. The van der Waals surface area contributed by atoms with Crippen LogP contribution < -0.4 is 5.32 Å². The van der Waals surface area contributed by atoms with Gasteiger partial charge in [0.1, 0.15) is 5.82 Å². The van der Waals surface area contributed by atoms with Crippen molar-refractivity contribution in [2.75, 3.05) is 5.32 Å². The lowest BCUT2D eigenvalue weighted by atomic mass is 10.2. The monoisotopic (exact) mass is 370 g/mol. The third-order valence-corrected chi connectivity index (χ3v) is 4.20. The maximum atomic E-state index is 13.6. The van der Waals surface area contributed by atoms with Gasteiger partial charge in [0.2, 0.25) is 0 Å². The highest BCUT2D eigenvalue weighted by atomic mass is 32.1. The Morgan fingerprint density at radius 1 is 1.28 bits per heavy atom. The molecule has 10 heteroatoms. The maximum Gasteiger partial charge on any atom is 0.435 e. The van der Waals surface area contributed by atoms with Crippen molar-refractivity contribution >= 4 is 22.4 Å². The Balaban J connectivity index is 1.83. The summed E-state index contributed by atoms with van der Waals surface area (Å²) in [4.78, 5) is 16.4. The highest BCUT2D eigenvalue weighted by Gasteiger charge is 2.34. The van der Waals surface area contributed by atoms with Crippen LogP contribution in [0.25, 0.3) is 10.6 Å². The standard InChI is InChI=1S/C15H10F4N4OS/c1-23-10(6-12(22-23)15(17,18)19)11-7-20-14(25-11)21-13(24)8-4-2-3-5-9(8)16/h2-7H,1H3,(H,20,21,24). The third-order valence-electron chi connectivity index (χ3n) is 3.27. The molecule has 130 valence electrons. The Morgan fingerprint density at radius 3 is 2.64 bits per heavy atom. The Hall–Kier alpha value is -2.75. The first-order chi connectivity index (χ1) is 11.8. The van der Waals surface area contributed by atoms with E-state index >= 15 is 0 Å². The fourth-order valence-corrected chi connectivity index (χ4v) is 2.95. The Morgan fingerprint density at radius 2 is 2.00 bits per heavy atom. The lowest BCUT2D eigenvalue weighted by Crippen LogP contribution is -2.13. The Kier molecular flexibility index (Phi) is 4.29. The summed E-state index contributed by atoms with van der Waals surface area (Å²) < 4.78 is 52.8. The van der Waals surface area contributed by atoms with Gasteiger partial charge in [-0.3, -0.25) is 14.8 Å². The molecule has 1 aromatic carbocycles. The minimum absolute atomic E-state index is 0.137. The van der Waals surface area contributed by atoms with Crippen LogP contribution in [0.5, 0.6) is 0 Å². The number of aromatic nitrogens is 3. The average molecular weight is 370 g/mol. The summed E-state index contributed by atoms with van der Waals surface area (Å²) in [6.07, 6.45) is -3.23. The van der Waals surface area contributed by atoms with Gasteiger partial charge in [-0.1, -0.05) is 23.5 Å². The third kappa shape index (κ3) is 3.53. The van der Waals surface area contributed by atoms with Gasteiger partial charge in [-0.25, -0.2) is 9.37 Å². The molecule has 0 aliphatic heterocycles. The molecule has 0 aliphatic rings. The first-order valence-corrected chi connectivity index (χ1v) is 7.70. The average Bonchev–Trinajstić information content (AvgIpc) is 3.13. The van der Waals surface area contributed by atoms with Gasteiger partial charge in [-0.05, 0) is 18.2 Å². The first kappa shape index (κ1) is 17.1. The summed E-state index contributed by atoms with van der Waals surface area (Å²) in [6, 6.07) is 6.33. The van der Waals surface area contributed by atoms with E-state index < -0.39 is 23.6 Å². The lowest BCUT2D eigenvalue weighted by Gasteiger charge is -2.02. The summed E-state index contributed by atoms with van der Waals surface area (Å²) in [5, 5.41) is 5.98. The van der Waals surface area contributed by atoms with Crippen molar-refractivity contribution in [2.45, 2.75) is 6.18 Å². The van der Waals surface area contributed by atoms with Gasteiger partial charge >= 0.3 is 6.18 Å². The molecule has 1 N–H and O–H groups in total. The molecule has 0 atom stereocenters. The molecule has 25 heavy (non-hydrogen) atoms. The summed E-state index contributed by atoms with van der Waals surface area (Å²) in [6.45, 7) is 0. The smallest absolute Gasteiger partial charge is 0.298 e. The zero-order valence-electron chi connectivity index (χ0n) is 12.6. The van der Waals surface area contributed by atoms with Crippen LogP contribution >= 0.6 is 11.3 Å². The number of halogens is 4. The summed E-state index contributed by atoms with van der Waals surface area (Å²) in [5.74, 6) is -1.38. The summed E-state index contributed by atoms with van der Waals surface area (Å²) in [7, 11) is 1.38. The molecule has 2 aromatic heterocycles. The van der Waals surface area contributed by atoms with Crippen LogP contribution in [0.2, 0.25) is 0 Å². The molecule has 0 bridgehead atoms. The van der Waals surface area contributed by atoms with Gasteiger partial charge in [0, 0.05) is 13.2 Å². The summed E-state index contributed by atoms with van der Waals surface area (Å²) >= 11 is 0.959. The van der Waals surface area contributed by atoms with E-state index in [0.717, 1.165) is 28.2 Å². The number of hydrogen-bond donors (Lipinski definition) is 1. The Bertz CT molecular complexity index is 932. The zero-order chi connectivity index (χ0) is 18.2. The van der Waals surface area contributed by atoms with Gasteiger partial charge in [-0.2, -0.15) is 18.3 Å². The number of nitrogens with one attached hydrogen (secondary N) is 1. The number of alkyl halides is 3. The van der Waals surface area contributed by atoms with E-state index in [1.54, 1.807) is 0 Å². The van der Waals surface area contributed by atoms with Crippen LogP contribution in [-0.4, -0.2) is 20.7 Å². The lowest BCUT2D eigenvalue weighted by molar-refractivity contribution is -0.141. The Labute approximate surface area is 142 Å². The molecule has 2 heterocycles. The van der Waals surface area contributed by atoms with E-state index in [2.05, 4.69) is 15.4 Å². The molecule has 0 aliphatic carbocycles. The number of rotatable bonds is 3. The molecular weight excluding hydrogens is 360 g/mol. The van der Waals surface area contributed by atoms with Crippen molar-refractivity contribution in [2.24, 2.45) is 7.05 Å². The highest BCUT2D eigenvalue weighted by molar-refractivity contribution is 7.19. The van der Waals surface area contributed by atoms with Gasteiger partial charge in [0.15, 0.2) is 10.8 Å². The van der Waals surface area contributed by atoms with Crippen LogP contribution in [0, 0.1) is 5.82 Å².